The van der Waals surface area contributed by atoms with Crippen LogP contribution < -0.4 is 10.5 Å². The van der Waals surface area contributed by atoms with Gasteiger partial charge in [-0.3, -0.25) is 0 Å². The molecular weight excluding hydrogens is 465 g/mol. The zero-order valence-electron chi connectivity index (χ0n) is 9.72. The Morgan fingerprint density at radius 1 is 1.21 bits per heavy atom. The molecule has 0 bridgehead atoms. The van der Waals surface area contributed by atoms with Gasteiger partial charge >= 0.3 is 0 Å². The number of ether oxygens (including phenoxy) is 1. The monoisotopic (exact) mass is 471 g/mol. The van der Waals surface area contributed by atoms with Gasteiger partial charge in [-0.15, -0.1) is 11.3 Å². The van der Waals surface area contributed by atoms with E-state index in [2.05, 4.69) is 47.8 Å². The molecule has 1 aromatic carbocycles. The normalized spacial score (nSPS) is 12.5. The molecule has 2 aromatic rings. The maximum Gasteiger partial charge on any atom is 0.141 e. The molecule has 0 fully saturated rings. The van der Waals surface area contributed by atoms with Crippen LogP contribution in [0.3, 0.4) is 0 Å². The Bertz CT molecular complexity index is 598. The van der Waals surface area contributed by atoms with E-state index >= 15 is 0 Å². The van der Waals surface area contributed by atoms with Crippen molar-refractivity contribution in [1.29, 1.82) is 0 Å². The molecule has 0 aliphatic rings. The molecule has 0 aliphatic heterocycles. The molecule has 0 spiro atoms. The van der Waals surface area contributed by atoms with E-state index in [1.165, 1.54) is 24.5 Å². The zero-order valence-corrected chi connectivity index (χ0v) is 15.3. The highest BCUT2D eigenvalue weighted by Crippen LogP contribution is 2.39. The van der Waals surface area contributed by atoms with E-state index in [0.717, 1.165) is 18.7 Å². The molecule has 102 valence electrons. The molecule has 0 saturated heterocycles. The van der Waals surface area contributed by atoms with Crippen LogP contribution in [-0.2, 0) is 0 Å². The van der Waals surface area contributed by atoms with Crippen molar-refractivity contribution in [2.75, 3.05) is 7.11 Å². The van der Waals surface area contributed by atoms with Crippen molar-refractivity contribution >= 4 is 59.1 Å². The summed E-state index contributed by atoms with van der Waals surface area (Å²) in [5, 5.41) is 0. The van der Waals surface area contributed by atoms with Crippen molar-refractivity contribution in [2.24, 2.45) is 5.73 Å². The van der Waals surface area contributed by atoms with Crippen molar-refractivity contribution in [3.63, 3.8) is 0 Å². The summed E-state index contributed by atoms with van der Waals surface area (Å²) < 4.78 is 21.0. The van der Waals surface area contributed by atoms with E-state index in [9.17, 15) is 4.39 Å². The Hall–Kier alpha value is 0.0500. The first-order valence-corrected chi connectivity index (χ1v) is 8.36. The van der Waals surface area contributed by atoms with E-state index in [-0.39, 0.29) is 11.9 Å². The van der Waals surface area contributed by atoms with Crippen molar-refractivity contribution in [3.8, 4) is 5.75 Å². The number of hydrogen-bond acceptors (Lipinski definition) is 3. The van der Waals surface area contributed by atoms with E-state index in [1.807, 2.05) is 6.07 Å². The van der Waals surface area contributed by atoms with Gasteiger partial charge in [0.2, 0.25) is 0 Å². The molecule has 0 amide bonds. The molecule has 2 rings (SSSR count). The molecule has 1 heterocycles. The van der Waals surface area contributed by atoms with E-state index < -0.39 is 0 Å². The fourth-order valence-corrected chi connectivity index (χ4v) is 4.10. The number of thiophene rings is 1. The lowest BCUT2D eigenvalue weighted by Crippen LogP contribution is -2.12. The van der Waals surface area contributed by atoms with Crippen LogP contribution in [0.2, 0.25) is 0 Å². The molecule has 7 heteroatoms. The fraction of sp³-hybridized carbons (Fsp3) is 0.167. The van der Waals surface area contributed by atoms with E-state index in [1.54, 1.807) is 6.07 Å². The first kappa shape index (κ1) is 15.4. The Balaban J connectivity index is 2.48. The maximum atomic E-state index is 13.5. The van der Waals surface area contributed by atoms with Gasteiger partial charge in [0, 0.05) is 21.0 Å². The lowest BCUT2D eigenvalue weighted by molar-refractivity contribution is 0.404. The lowest BCUT2D eigenvalue weighted by Gasteiger charge is -2.15. The Morgan fingerprint density at radius 2 is 1.89 bits per heavy atom. The van der Waals surface area contributed by atoms with Gasteiger partial charge in [-0.2, -0.15) is 0 Å². The number of methoxy groups -OCH3 is 1. The summed E-state index contributed by atoms with van der Waals surface area (Å²) in [4.78, 5) is 0.954. The molecule has 0 aliphatic carbocycles. The third-order valence-electron chi connectivity index (χ3n) is 2.58. The third kappa shape index (κ3) is 3.21. The molecule has 19 heavy (non-hydrogen) atoms. The van der Waals surface area contributed by atoms with Crippen molar-refractivity contribution in [3.05, 3.63) is 47.2 Å². The molecule has 2 N–H and O–H groups in total. The van der Waals surface area contributed by atoms with Crippen LogP contribution in [-0.4, -0.2) is 7.11 Å². The molecule has 0 radical (unpaired) electrons. The highest BCUT2D eigenvalue weighted by molar-refractivity contribution is 9.13. The Morgan fingerprint density at radius 3 is 2.42 bits per heavy atom. The summed E-state index contributed by atoms with van der Waals surface area (Å²) in [5.41, 5.74) is 6.97. The van der Waals surface area contributed by atoms with Crippen LogP contribution in [0.4, 0.5) is 4.39 Å². The minimum atomic E-state index is -0.376. The molecular formula is C12H9Br3FNOS. The number of rotatable bonds is 3. The lowest BCUT2D eigenvalue weighted by atomic mass is 10.0. The van der Waals surface area contributed by atoms with Gasteiger partial charge in [0.15, 0.2) is 0 Å². The van der Waals surface area contributed by atoms with Crippen molar-refractivity contribution in [2.45, 2.75) is 6.04 Å². The Labute approximate surface area is 139 Å². The van der Waals surface area contributed by atoms with Crippen LogP contribution in [0.15, 0.2) is 30.9 Å². The SMILES string of the molecule is COc1cc(F)c(Br)cc1C(N)c1cc(Br)c(Br)s1. The zero-order chi connectivity index (χ0) is 14.2. The van der Waals surface area contributed by atoms with Gasteiger partial charge in [-0.1, -0.05) is 0 Å². The van der Waals surface area contributed by atoms with Crippen molar-refractivity contribution < 1.29 is 9.13 Å². The van der Waals surface area contributed by atoms with Crippen LogP contribution in [0.1, 0.15) is 16.5 Å². The third-order valence-corrected chi connectivity index (χ3v) is 6.53. The van der Waals surface area contributed by atoms with Gasteiger partial charge in [0.25, 0.3) is 0 Å². The van der Waals surface area contributed by atoms with Gasteiger partial charge in [0.1, 0.15) is 11.6 Å². The standard InChI is InChI=1S/C12H9Br3FNOS/c1-18-9-4-8(16)6(13)2-5(9)11(17)10-3-7(14)12(15)19-10/h2-4,11H,17H2,1H3. The summed E-state index contributed by atoms with van der Waals surface area (Å²) in [6, 6.07) is 4.55. The summed E-state index contributed by atoms with van der Waals surface area (Å²) in [6.07, 6.45) is 0. The quantitative estimate of drug-likeness (QED) is 0.662. The minimum Gasteiger partial charge on any atom is -0.496 e. The summed E-state index contributed by atoms with van der Waals surface area (Å²) >= 11 is 11.6. The number of benzene rings is 1. The smallest absolute Gasteiger partial charge is 0.141 e. The second-order valence-corrected chi connectivity index (χ2v) is 7.87. The molecule has 1 unspecified atom stereocenters. The number of halogens is 4. The highest BCUT2D eigenvalue weighted by Gasteiger charge is 2.19. The van der Waals surface area contributed by atoms with Crippen LogP contribution in [0.5, 0.6) is 5.75 Å². The van der Waals surface area contributed by atoms with Crippen LogP contribution >= 0.6 is 59.1 Å². The Kier molecular flexibility index (Phi) is 5.05. The summed E-state index contributed by atoms with van der Waals surface area (Å²) in [6.45, 7) is 0. The minimum absolute atomic E-state index is 0.369. The number of nitrogens with two attached hydrogens (primary N) is 1. The summed E-state index contributed by atoms with van der Waals surface area (Å²) in [7, 11) is 1.50. The van der Waals surface area contributed by atoms with Gasteiger partial charge in [-0.05, 0) is 59.9 Å². The van der Waals surface area contributed by atoms with E-state index in [4.69, 9.17) is 10.5 Å². The largest absolute Gasteiger partial charge is 0.496 e. The summed E-state index contributed by atoms with van der Waals surface area (Å²) in [5.74, 6) is 0.0650. The van der Waals surface area contributed by atoms with Crippen LogP contribution in [0, 0.1) is 5.82 Å². The number of hydrogen-bond donors (Lipinski definition) is 1. The second kappa shape index (κ2) is 6.22. The van der Waals surface area contributed by atoms with Gasteiger partial charge in [0.05, 0.1) is 21.4 Å². The average Bonchev–Trinajstić information content (AvgIpc) is 2.71. The maximum absolute atomic E-state index is 13.5. The molecule has 1 atom stereocenters. The highest BCUT2D eigenvalue weighted by atomic mass is 79.9. The first-order valence-electron chi connectivity index (χ1n) is 5.17. The average molecular weight is 474 g/mol. The molecule has 1 aromatic heterocycles. The second-order valence-electron chi connectivity index (χ2n) is 3.76. The fourth-order valence-electron chi connectivity index (χ4n) is 1.63. The van der Waals surface area contributed by atoms with Gasteiger partial charge in [-0.25, -0.2) is 4.39 Å². The predicted molar refractivity (Wildman–Crippen MR) is 86.4 cm³/mol. The van der Waals surface area contributed by atoms with E-state index in [0.29, 0.717) is 10.2 Å². The molecule has 2 nitrogen and oxygen atoms in total. The predicted octanol–water partition coefficient (Wildman–Crippen LogP) is 5.23. The first-order chi connectivity index (χ1) is 8.93. The van der Waals surface area contributed by atoms with Crippen molar-refractivity contribution in [1.82, 2.24) is 0 Å². The topological polar surface area (TPSA) is 35.2 Å². The van der Waals surface area contributed by atoms with Crippen LogP contribution in [0.25, 0.3) is 0 Å². The van der Waals surface area contributed by atoms with Gasteiger partial charge < -0.3 is 10.5 Å². The molecule has 0 saturated carbocycles.